The predicted octanol–water partition coefficient (Wildman–Crippen LogP) is 3.21. The minimum absolute atomic E-state index is 0.101. The summed E-state index contributed by atoms with van der Waals surface area (Å²) >= 11 is 1.22. The third-order valence-corrected chi connectivity index (χ3v) is 4.95. The average molecular weight is 394 g/mol. The van der Waals surface area contributed by atoms with E-state index < -0.39 is 24.4 Å². The minimum atomic E-state index is -0.572. The molecule has 7 heteroatoms. The number of rotatable bonds is 7. The van der Waals surface area contributed by atoms with Gasteiger partial charge in [-0.25, -0.2) is 4.79 Å². The zero-order valence-corrected chi connectivity index (χ0v) is 15.7. The fourth-order valence-electron chi connectivity index (χ4n) is 2.56. The number of anilines is 1. The Morgan fingerprint density at radius 1 is 0.929 bits per heavy atom. The lowest BCUT2D eigenvalue weighted by molar-refractivity contribution is -0.119. The van der Waals surface area contributed by atoms with Crippen LogP contribution in [0.5, 0.6) is 0 Å². The van der Waals surface area contributed by atoms with E-state index in [1.165, 1.54) is 11.8 Å². The first-order valence-corrected chi connectivity index (χ1v) is 9.47. The molecule has 28 heavy (non-hydrogen) atoms. The molecule has 2 amide bonds. The summed E-state index contributed by atoms with van der Waals surface area (Å²) in [5.41, 5.74) is 6.06. The number of esters is 1. The molecule has 0 heterocycles. The van der Waals surface area contributed by atoms with Crippen LogP contribution in [-0.2, 0) is 14.3 Å². The smallest absolute Gasteiger partial charge is 0.338 e. The zero-order valence-electron chi connectivity index (χ0n) is 14.9. The Hall–Kier alpha value is -3.32. The molecule has 3 N–H and O–H groups in total. The van der Waals surface area contributed by atoms with Crippen LogP contribution < -0.4 is 11.1 Å². The van der Waals surface area contributed by atoms with E-state index in [0.717, 1.165) is 10.8 Å². The van der Waals surface area contributed by atoms with E-state index in [2.05, 4.69) is 5.32 Å². The molecule has 0 aliphatic rings. The largest absolute Gasteiger partial charge is 0.452 e. The zero-order chi connectivity index (χ0) is 19.9. The molecular weight excluding hydrogens is 376 g/mol. The molecule has 0 saturated carbocycles. The topological polar surface area (TPSA) is 98.5 Å². The number of carbonyl (C=O) groups excluding carboxylic acids is 3. The van der Waals surface area contributed by atoms with Gasteiger partial charge in [0.25, 0.3) is 5.91 Å². The van der Waals surface area contributed by atoms with Gasteiger partial charge in [0, 0.05) is 4.90 Å². The highest BCUT2D eigenvalue weighted by molar-refractivity contribution is 8.00. The van der Waals surface area contributed by atoms with Gasteiger partial charge in [-0.1, -0.05) is 42.5 Å². The van der Waals surface area contributed by atoms with Gasteiger partial charge in [0.15, 0.2) is 6.61 Å². The van der Waals surface area contributed by atoms with Crippen LogP contribution in [0, 0.1) is 0 Å². The summed E-state index contributed by atoms with van der Waals surface area (Å²) in [6, 6.07) is 19.9. The Labute approximate surface area is 166 Å². The molecule has 0 aliphatic carbocycles. The van der Waals surface area contributed by atoms with Crippen LogP contribution in [0.2, 0.25) is 0 Å². The SMILES string of the molecule is NC(=O)CSc1ccccc1NC(=O)COC(=O)c1ccc2ccccc2c1. The lowest BCUT2D eigenvalue weighted by atomic mass is 10.1. The van der Waals surface area contributed by atoms with Gasteiger partial charge in [0.05, 0.1) is 17.0 Å². The summed E-state index contributed by atoms with van der Waals surface area (Å²) in [5, 5.41) is 4.62. The second kappa shape index (κ2) is 9.05. The summed E-state index contributed by atoms with van der Waals surface area (Å²) in [4.78, 5) is 36.1. The Balaban J connectivity index is 1.59. The highest BCUT2D eigenvalue weighted by atomic mass is 32.2. The van der Waals surface area contributed by atoms with Crippen LogP contribution in [0.1, 0.15) is 10.4 Å². The average Bonchev–Trinajstić information content (AvgIpc) is 2.71. The highest BCUT2D eigenvalue weighted by Crippen LogP contribution is 2.26. The van der Waals surface area contributed by atoms with Crippen molar-refractivity contribution in [3.05, 3.63) is 72.3 Å². The summed E-state index contributed by atoms with van der Waals surface area (Å²) in [6.45, 7) is -0.416. The number of hydrogen-bond donors (Lipinski definition) is 2. The van der Waals surface area contributed by atoms with Crippen molar-refractivity contribution in [1.29, 1.82) is 0 Å². The van der Waals surface area contributed by atoms with Gasteiger partial charge in [-0.2, -0.15) is 0 Å². The maximum absolute atomic E-state index is 12.2. The third kappa shape index (κ3) is 5.11. The molecule has 0 bridgehead atoms. The monoisotopic (exact) mass is 394 g/mol. The molecule has 142 valence electrons. The molecule has 0 aromatic heterocycles. The Morgan fingerprint density at radius 2 is 1.64 bits per heavy atom. The second-order valence-electron chi connectivity index (χ2n) is 5.94. The molecule has 0 fully saturated rings. The van der Waals surface area contributed by atoms with E-state index in [1.807, 2.05) is 30.3 Å². The van der Waals surface area contributed by atoms with Crippen LogP contribution in [-0.4, -0.2) is 30.1 Å². The summed E-state index contributed by atoms with van der Waals surface area (Å²) in [5.74, 6) is -1.39. The second-order valence-corrected chi connectivity index (χ2v) is 6.95. The number of primary amides is 1. The lowest BCUT2D eigenvalue weighted by Crippen LogP contribution is -2.21. The molecule has 3 rings (SSSR count). The third-order valence-electron chi connectivity index (χ3n) is 3.85. The van der Waals surface area contributed by atoms with Crippen molar-refractivity contribution < 1.29 is 19.1 Å². The van der Waals surface area contributed by atoms with Gasteiger partial charge in [0.1, 0.15) is 0 Å². The molecule has 0 saturated heterocycles. The minimum Gasteiger partial charge on any atom is -0.452 e. The van der Waals surface area contributed by atoms with Crippen LogP contribution in [0.15, 0.2) is 71.6 Å². The normalized spacial score (nSPS) is 10.4. The van der Waals surface area contributed by atoms with Crippen molar-refractivity contribution in [2.45, 2.75) is 4.90 Å². The first-order chi connectivity index (χ1) is 13.5. The number of nitrogens with two attached hydrogens (primary N) is 1. The lowest BCUT2D eigenvalue weighted by Gasteiger charge is -2.10. The Bertz CT molecular complexity index is 1040. The predicted molar refractivity (Wildman–Crippen MR) is 109 cm³/mol. The molecule has 0 atom stereocenters. The van der Waals surface area contributed by atoms with Crippen molar-refractivity contribution in [1.82, 2.24) is 0 Å². The molecule has 0 aliphatic heterocycles. The number of benzene rings is 3. The van der Waals surface area contributed by atoms with Crippen LogP contribution in [0.3, 0.4) is 0 Å². The maximum Gasteiger partial charge on any atom is 0.338 e. The van der Waals surface area contributed by atoms with Gasteiger partial charge in [-0.05, 0) is 35.0 Å². The van der Waals surface area contributed by atoms with Crippen LogP contribution >= 0.6 is 11.8 Å². The van der Waals surface area contributed by atoms with Crippen LogP contribution in [0.4, 0.5) is 5.69 Å². The van der Waals surface area contributed by atoms with E-state index >= 15 is 0 Å². The van der Waals surface area contributed by atoms with Gasteiger partial charge in [-0.15, -0.1) is 11.8 Å². The quantitative estimate of drug-likeness (QED) is 0.474. The molecular formula is C21H18N2O4S. The van der Waals surface area contributed by atoms with Crippen molar-refractivity contribution in [2.75, 3.05) is 17.7 Å². The fourth-order valence-corrected chi connectivity index (χ4v) is 3.31. The van der Waals surface area contributed by atoms with Crippen molar-refractivity contribution in [3.63, 3.8) is 0 Å². The molecule has 6 nitrogen and oxygen atoms in total. The van der Waals surface area contributed by atoms with Gasteiger partial charge >= 0.3 is 5.97 Å². The van der Waals surface area contributed by atoms with E-state index in [4.69, 9.17) is 10.5 Å². The summed E-state index contributed by atoms with van der Waals surface area (Å²) in [6.07, 6.45) is 0. The molecule has 3 aromatic carbocycles. The number of nitrogens with one attached hydrogen (secondary N) is 1. The van der Waals surface area contributed by atoms with E-state index in [0.29, 0.717) is 16.1 Å². The van der Waals surface area contributed by atoms with Gasteiger partial charge in [0.2, 0.25) is 5.91 Å². The van der Waals surface area contributed by atoms with E-state index in [-0.39, 0.29) is 5.75 Å². The van der Waals surface area contributed by atoms with Gasteiger partial charge in [-0.3, -0.25) is 9.59 Å². The van der Waals surface area contributed by atoms with Gasteiger partial charge < -0.3 is 15.8 Å². The number of hydrogen-bond acceptors (Lipinski definition) is 5. The Kier molecular flexibility index (Phi) is 6.29. The number of fused-ring (bicyclic) bond motifs is 1. The van der Waals surface area contributed by atoms with Crippen molar-refractivity contribution in [3.8, 4) is 0 Å². The fraction of sp³-hybridized carbons (Fsp3) is 0.0952. The molecule has 3 aromatic rings. The number of amides is 2. The molecule has 0 radical (unpaired) electrons. The van der Waals surface area contributed by atoms with Crippen LogP contribution in [0.25, 0.3) is 10.8 Å². The maximum atomic E-state index is 12.2. The Morgan fingerprint density at radius 3 is 2.43 bits per heavy atom. The molecule has 0 spiro atoms. The molecule has 0 unspecified atom stereocenters. The number of para-hydroxylation sites is 1. The van der Waals surface area contributed by atoms with Crippen molar-refractivity contribution >= 4 is 46.0 Å². The number of ether oxygens (including phenoxy) is 1. The van der Waals surface area contributed by atoms with Crippen molar-refractivity contribution in [2.24, 2.45) is 5.73 Å². The van der Waals surface area contributed by atoms with E-state index in [9.17, 15) is 14.4 Å². The first-order valence-electron chi connectivity index (χ1n) is 8.49. The number of carbonyl (C=O) groups is 3. The standard InChI is InChI=1S/C21H18N2O4S/c22-19(24)13-28-18-8-4-3-7-17(18)23-20(25)12-27-21(26)16-10-9-14-5-1-2-6-15(14)11-16/h1-11H,12-13H2,(H2,22,24)(H,23,25). The summed E-state index contributed by atoms with van der Waals surface area (Å²) < 4.78 is 5.12. The summed E-state index contributed by atoms with van der Waals surface area (Å²) in [7, 11) is 0. The first kappa shape index (κ1) is 19.4. The number of thioether (sulfide) groups is 1. The van der Waals surface area contributed by atoms with E-state index in [1.54, 1.807) is 36.4 Å². The highest BCUT2D eigenvalue weighted by Gasteiger charge is 2.12.